The van der Waals surface area contributed by atoms with Gasteiger partial charge in [-0.05, 0) is 62.1 Å². The van der Waals surface area contributed by atoms with Crippen molar-refractivity contribution in [2.45, 2.75) is 65.8 Å². The SMILES string of the molecule is CCCCCC(=O)N(CCC(C)C)C(C)c1nc2ccccc2c(=O)n1-c1ccc(F)cc1. The lowest BCUT2D eigenvalue weighted by Crippen LogP contribution is -2.38. The van der Waals surface area contributed by atoms with E-state index in [1.807, 2.05) is 24.0 Å². The molecule has 0 saturated heterocycles. The van der Waals surface area contributed by atoms with Crippen LogP contribution in [-0.4, -0.2) is 26.9 Å². The third-order valence-corrected chi connectivity index (χ3v) is 5.99. The average molecular weight is 452 g/mol. The Morgan fingerprint density at radius 1 is 1.06 bits per heavy atom. The number of carbonyl (C=O) groups excluding carboxylic acids is 1. The van der Waals surface area contributed by atoms with Crippen LogP contribution in [0.1, 0.15) is 71.7 Å². The van der Waals surface area contributed by atoms with E-state index in [4.69, 9.17) is 4.98 Å². The molecule has 1 amide bonds. The molecular formula is C27H34FN3O2. The molecule has 33 heavy (non-hydrogen) atoms. The maximum Gasteiger partial charge on any atom is 0.266 e. The molecule has 0 fully saturated rings. The molecule has 0 N–H and O–H groups in total. The van der Waals surface area contributed by atoms with Crippen molar-refractivity contribution < 1.29 is 9.18 Å². The van der Waals surface area contributed by atoms with Crippen molar-refractivity contribution in [1.82, 2.24) is 14.5 Å². The standard InChI is InChI=1S/C27H34FN3O2/c1-5-6-7-12-25(32)30(18-17-19(2)3)20(4)26-29-24-11-9-8-10-23(24)27(33)31(26)22-15-13-21(28)14-16-22/h8-11,13-16,19-20H,5-7,12,17-18H2,1-4H3. The van der Waals surface area contributed by atoms with Gasteiger partial charge in [-0.2, -0.15) is 0 Å². The monoisotopic (exact) mass is 451 g/mol. The first kappa shape index (κ1) is 24.6. The summed E-state index contributed by atoms with van der Waals surface area (Å²) >= 11 is 0. The minimum absolute atomic E-state index is 0.0738. The van der Waals surface area contributed by atoms with Crippen LogP contribution >= 0.6 is 0 Å². The molecule has 6 heteroatoms. The van der Waals surface area contributed by atoms with Crippen molar-refractivity contribution >= 4 is 16.8 Å². The van der Waals surface area contributed by atoms with E-state index < -0.39 is 6.04 Å². The average Bonchev–Trinajstić information content (AvgIpc) is 2.80. The first-order chi connectivity index (χ1) is 15.8. The van der Waals surface area contributed by atoms with Crippen molar-refractivity contribution in [3.05, 3.63) is 70.5 Å². The number of amides is 1. The summed E-state index contributed by atoms with van der Waals surface area (Å²) in [5, 5.41) is 0.487. The molecule has 0 aliphatic heterocycles. The molecule has 1 heterocycles. The summed E-state index contributed by atoms with van der Waals surface area (Å²) in [5.41, 5.74) is 0.894. The van der Waals surface area contributed by atoms with Crippen LogP contribution in [0.3, 0.4) is 0 Å². The largest absolute Gasteiger partial charge is 0.333 e. The highest BCUT2D eigenvalue weighted by atomic mass is 19.1. The molecule has 1 atom stereocenters. The zero-order valence-electron chi connectivity index (χ0n) is 20.1. The number of para-hydroxylation sites is 1. The van der Waals surface area contributed by atoms with Crippen molar-refractivity contribution in [1.29, 1.82) is 0 Å². The number of hydrogen-bond acceptors (Lipinski definition) is 3. The van der Waals surface area contributed by atoms with Crippen LogP contribution in [0.2, 0.25) is 0 Å². The Morgan fingerprint density at radius 3 is 2.42 bits per heavy atom. The summed E-state index contributed by atoms with van der Waals surface area (Å²) < 4.78 is 15.1. The molecule has 5 nitrogen and oxygen atoms in total. The van der Waals surface area contributed by atoms with Crippen LogP contribution < -0.4 is 5.56 Å². The second-order valence-corrected chi connectivity index (χ2v) is 9.01. The Hall–Kier alpha value is -3.02. The molecule has 0 saturated carbocycles. The van der Waals surface area contributed by atoms with Crippen molar-refractivity contribution in [2.75, 3.05) is 6.54 Å². The van der Waals surface area contributed by atoms with E-state index in [0.29, 0.717) is 41.3 Å². The fourth-order valence-corrected chi connectivity index (χ4v) is 4.01. The fraction of sp³-hybridized carbons (Fsp3) is 0.444. The third-order valence-electron chi connectivity index (χ3n) is 5.99. The molecule has 1 aromatic heterocycles. The van der Waals surface area contributed by atoms with Gasteiger partial charge in [0.25, 0.3) is 5.56 Å². The van der Waals surface area contributed by atoms with Gasteiger partial charge in [0.1, 0.15) is 11.6 Å². The van der Waals surface area contributed by atoms with Gasteiger partial charge in [0.05, 0.1) is 22.6 Å². The van der Waals surface area contributed by atoms with Gasteiger partial charge in [-0.1, -0.05) is 45.7 Å². The Kier molecular flexibility index (Phi) is 8.37. The molecule has 2 aromatic carbocycles. The number of carbonyl (C=O) groups is 1. The molecule has 3 rings (SSSR count). The molecule has 0 radical (unpaired) electrons. The van der Waals surface area contributed by atoms with Crippen LogP contribution in [0.15, 0.2) is 53.3 Å². The summed E-state index contributed by atoms with van der Waals surface area (Å²) in [4.78, 5) is 33.5. The molecule has 0 bridgehead atoms. The number of fused-ring (bicyclic) bond motifs is 1. The van der Waals surface area contributed by atoms with E-state index >= 15 is 0 Å². The zero-order chi connectivity index (χ0) is 24.0. The van der Waals surface area contributed by atoms with Gasteiger partial charge in [-0.3, -0.25) is 14.2 Å². The first-order valence-electron chi connectivity index (χ1n) is 11.9. The second-order valence-electron chi connectivity index (χ2n) is 9.01. The van der Waals surface area contributed by atoms with Crippen molar-refractivity contribution in [3.63, 3.8) is 0 Å². The topological polar surface area (TPSA) is 55.2 Å². The second kappa shape index (κ2) is 11.2. The van der Waals surface area contributed by atoms with E-state index in [1.165, 1.54) is 16.7 Å². The molecule has 0 aliphatic rings. The number of unbranched alkanes of at least 4 members (excludes halogenated alkanes) is 2. The van der Waals surface area contributed by atoms with Crippen molar-refractivity contribution in [3.8, 4) is 5.69 Å². The molecule has 3 aromatic rings. The van der Waals surface area contributed by atoms with Gasteiger partial charge in [-0.15, -0.1) is 0 Å². The van der Waals surface area contributed by atoms with Crippen molar-refractivity contribution in [2.24, 2.45) is 5.92 Å². The van der Waals surface area contributed by atoms with Gasteiger partial charge in [0.15, 0.2) is 0 Å². The van der Waals surface area contributed by atoms with E-state index in [0.717, 1.165) is 25.7 Å². The summed E-state index contributed by atoms with van der Waals surface area (Å²) in [6, 6.07) is 12.6. The van der Waals surface area contributed by atoms with E-state index in [2.05, 4.69) is 20.8 Å². The number of hydrogen-bond donors (Lipinski definition) is 0. The minimum atomic E-state index is -0.416. The number of rotatable bonds is 10. The van der Waals surface area contributed by atoms with Crippen LogP contribution in [-0.2, 0) is 4.79 Å². The lowest BCUT2D eigenvalue weighted by molar-refractivity contribution is -0.133. The molecule has 0 spiro atoms. The van der Waals surface area contributed by atoms with E-state index in [9.17, 15) is 14.0 Å². The number of nitrogens with zero attached hydrogens (tertiary/aromatic N) is 3. The highest BCUT2D eigenvalue weighted by molar-refractivity contribution is 5.79. The van der Waals surface area contributed by atoms with Gasteiger partial charge in [0, 0.05) is 13.0 Å². The Labute approximate surface area is 195 Å². The summed E-state index contributed by atoms with van der Waals surface area (Å²) in [5.74, 6) is 0.620. The quantitative estimate of drug-likeness (QED) is 0.353. The van der Waals surface area contributed by atoms with E-state index in [-0.39, 0.29) is 17.3 Å². The minimum Gasteiger partial charge on any atom is -0.333 e. The predicted molar refractivity (Wildman–Crippen MR) is 131 cm³/mol. The molecule has 1 unspecified atom stereocenters. The number of aromatic nitrogens is 2. The smallest absolute Gasteiger partial charge is 0.266 e. The zero-order valence-corrected chi connectivity index (χ0v) is 20.1. The molecule has 0 aliphatic carbocycles. The normalized spacial score (nSPS) is 12.3. The summed E-state index contributed by atoms with van der Waals surface area (Å²) in [6.45, 7) is 8.90. The van der Waals surface area contributed by atoms with E-state index in [1.54, 1.807) is 24.3 Å². The molecule has 176 valence electrons. The predicted octanol–water partition coefficient (Wildman–Crippen LogP) is 6.04. The maximum atomic E-state index is 13.6. The Bertz CT molecular complexity index is 1140. The summed E-state index contributed by atoms with van der Waals surface area (Å²) in [6.07, 6.45) is 4.23. The highest BCUT2D eigenvalue weighted by Crippen LogP contribution is 2.25. The van der Waals surface area contributed by atoms with Crippen LogP contribution in [0.5, 0.6) is 0 Å². The fourth-order valence-electron chi connectivity index (χ4n) is 4.01. The summed E-state index contributed by atoms with van der Waals surface area (Å²) in [7, 11) is 0. The van der Waals surface area contributed by atoms with Crippen LogP contribution in [0.25, 0.3) is 16.6 Å². The first-order valence-corrected chi connectivity index (χ1v) is 11.9. The highest BCUT2D eigenvalue weighted by Gasteiger charge is 2.26. The lowest BCUT2D eigenvalue weighted by atomic mass is 10.1. The number of halogens is 1. The number of benzene rings is 2. The van der Waals surface area contributed by atoms with Crippen LogP contribution in [0, 0.1) is 11.7 Å². The van der Waals surface area contributed by atoms with Crippen LogP contribution in [0.4, 0.5) is 4.39 Å². The Balaban J connectivity index is 2.13. The molecular weight excluding hydrogens is 417 g/mol. The Morgan fingerprint density at radius 2 is 1.76 bits per heavy atom. The third kappa shape index (κ3) is 5.86. The van der Waals surface area contributed by atoms with Gasteiger partial charge >= 0.3 is 0 Å². The van der Waals surface area contributed by atoms with Gasteiger partial charge in [0.2, 0.25) is 5.91 Å². The maximum absolute atomic E-state index is 13.6. The van der Waals surface area contributed by atoms with Gasteiger partial charge < -0.3 is 4.90 Å². The van der Waals surface area contributed by atoms with Gasteiger partial charge in [-0.25, -0.2) is 9.37 Å². The lowest BCUT2D eigenvalue weighted by Gasteiger charge is -2.31.